The number of aromatic nitrogens is 1. The summed E-state index contributed by atoms with van der Waals surface area (Å²) in [7, 11) is 0. The molecular weight excluding hydrogens is 333 g/mol. The molecule has 1 amide bonds. The summed E-state index contributed by atoms with van der Waals surface area (Å²) in [5, 5.41) is 6.39. The summed E-state index contributed by atoms with van der Waals surface area (Å²) in [5.41, 5.74) is 5.24. The van der Waals surface area contributed by atoms with Crippen molar-refractivity contribution in [3.05, 3.63) is 23.5 Å². The number of hydrogen-bond acceptors (Lipinski definition) is 4. The molecule has 0 bridgehead atoms. The molecule has 0 saturated carbocycles. The van der Waals surface area contributed by atoms with Crippen LogP contribution in [0.3, 0.4) is 0 Å². The van der Waals surface area contributed by atoms with Crippen LogP contribution in [0.5, 0.6) is 0 Å². The SMILES string of the molecule is CC(C)(C)CC1NC(C(N)=O)CC12CNc1cc(C(F)(F)F)ncc12. The monoisotopic (exact) mass is 356 g/mol. The largest absolute Gasteiger partial charge is 0.433 e. The zero-order valence-electron chi connectivity index (χ0n) is 14.5. The van der Waals surface area contributed by atoms with Crippen LogP contribution in [-0.2, 0) is 16.4 Å². The van der Waals surface area contributed by atoms with Crippen LogP contribution in [0.25, 0.3) is 0 Å². The minimum Gasteiger partial charge on any atom is -0.384 e. The molecule has 0 aliphatic carbocycles. The molecule has 1 fully saturated rings. The third kappa shape index (κ3) is 3.19. The summed E-state index contributed by atoms with van der Waals surface area (Å²) in [5.74, 6) is -0.441. The van der Waals surface area contributed by atoms with E-state index in [1.54, 1.807) is 0 Å². The molecular formula is C17H23F3N4O. The molecule has 25 heavy (non-hydrogen) atoms. The first-order valence-electron chi connectivity index (χ1n) is 8.29. The Kier molecular flexibility index (Phi) is 4.02. The maximum Gasteiger partial charge on any atom is 0.433 e. The molecule has 138 valence electrons. The molecule has 0 radical (unpaired) electrons. The Labute approximate surface area is 144 Å². The van der Waals surface area contributed by atoms with Gasteiger partial charge in [-0.3, -0.25) is 9.78 Å². The third-order valence-electron chi connectivity index (χ3n) is 5.12. The summed E-state index contributed by atoms with van der Waals surface area (Å²) in [6.45, 7) is 6.74. The Morgan fingerprint density at radius 2 is 2.08 bits per heavy atom. The lowest BCUT2D eigenvalue weighted by molar-refractivity contribution is -0.141. The van der Waals surface area contributed by atoms with Gasteiger partial charge in [-0.2, -0.15) is 13.2 Å². The standard InChI is InChI=1S/C17H23F3N4O/c1-15(2,3)6-13-16(5-11(24-13)14(21)25)8-23-10-4-12(17(18,19)20)22-7-9(10)16/h4,7,11,13,23-24H,5-6,8H2,1-3H3,(H2,21,25). The number of carbonyl (C=O) groups excluding carboxylic acids is 1. The number of primary amides is 1. The van der Waals surface area contributed by atoms with Crippen molar-refractivity contribution in [2.45, 2.75) is 57.3 Å². The maximum absolute atomic E-state index is 12.9. The number of amides is 1. The van der Waals surface area contributed by atoms with Crippen molar-refractivity contribution in [2.75, 3.05) is 11.9 Å². The normalized spacial score (nSPS) is 28.9. The summed E-state index contributed by atoms with van der Waals surface area (Å²) in [6.07, 6.45) is -1.96. The van der Waals surface area contributed by atoms with Gasteiger partial charge < -0.3 is 16.4 Å². The van der Waals surface area contributed by atoms with Gasteiger partial charge in [0, 0.05) is 35.4 Å². The molecule has 4 N–H and O–H groups in total. The first-order valence-corrected chi connectivity index (χ1v) is 8.29. The molecule has 0 aromatic carbocycles. The van der Waals surface area contributed by atoms with Gasteiger partial charge in [-0.25, -0.2) is 0 Å². The van der Waals surface area contributed by atoms with E-state index in [0.717, 1.165) is 18.1 Å². The first kappa shape index (κ1) is 18.0. The lowest BCUT2D eigenvalue weighted by atomic mass is 9.71. The summed E-state index contributed by atoms with van der Waals surface area (Å²) >= 11 is 0. The van der Waals surface area contributed by atoms with Crippen LogP contribution in [0.4, 0.5) is 18.9 Å². The lowest BCUT2D eigenvalue weighted by Gasteiger charge is -2.35. The minimum absolute atomic E-state index is 0.0146. The number of halogens is 3. The fourth-order valence-electron chi connectivity index (χ4n) is 4.01. The van der Waals surface area contributed by atoms with Crippen molar-refractivity contribution in [3.8, 4) is 0 Å². The van der Waals surface area contributed by atoms with E-state index < -0.39 is 29.2 Å². The second kappa shape index (κ2) is 5.59. The quantitative estimate of drug-likeness (QED) is 0.760. The van der Waals surface area contributed by atoms with E-state index in [-0.39, 0.29) is 11.5 Å². The molecule has 3 unspecified atom stereocenters. The molecule has 1 spiro atoms. The molecule has 5 nitrogen and oxygen atoms in total. The number of fused-ring (bicyclic) bond motifs is 2. The molecule has 2 aliphatic heterocycles. The van der Waals surface area contributed by atoms with Crippen molar-refractivity contribution in [3.63, 3.8) is 0 Å². The van der Waals surface area contributed by atoms with Crippen molar-refractivity contribution in [2.24, 2.45) is 11.1 Å². The molecule has 1 aromatic heterocycles. The van der Waals surface area contributed by atoms with Crippen LogP contribution in [0.2, 0.25) is 0 Å². The number of pyridine rings is 1. The zero-order valence-corrected chi connectivity index (χ0v) is 14.5. The van der Waals surface area contributed by atoms with Gasteiger partial charge in [0.2, 0.25) is 5.91 Å². The van der Waals surface area contributed by atoms with Crippen molar-refractivity contribution >= 4 is 11.6 Å². The Bertz CT molecular complexity index is 698. The number of hydrogen-bond donors (Lipinski definition) is 3. The number of nitrogens with two attached hydrogens (primary N) is 1. The molecule has 8 heteroatoms. The first-order chi connectivity index (χ1) is 11.4. The predicted molar refractivity (Wildman–Crippen MR) is 88.0 cm³/mol. The van der Waals surface area contributed by atoms with E-state index in [1.807, 2.05) is 0 Å². The van der Waals surface area contributed by atoms with Crippen LogP contribution < -0.4 is 16.4 Å². The second-order valence-electron chi connectivity index (χ2n) is 8.27. The minimum atomic E-state index is -4.49. The molecule has 3 atom stereocenters. The lowest BCUT2D eigenvalue weighted by Crippen LogP contribution is -2.45. The Morgan fingerprint density at radius 3 is 2.64 bits per heavy atom. The number of rotatable bonds is 2. The molecule has 2 aliphatic rings. The number of nitrogens with zero attached hydrogens (tertiary/aromatic N) is 1. The van der Waals surface area contributed by atoms with E-state index in [1.165, 1.54) is 6.20 Å². The fraction of sp³-hybridized carbons (Fsp3) is 0.647. The van der Waals surface area contributed by atoms with Crippen LogP contribution in [0, 0.1) is 5.41 Å². The Morgan fingerprint density at radius 1 is 1.40 bits per heavy atom. The van der Waals surface area contributed by atoms with Gasteiger partial charge in [0.1, 0.15) is 5.69 Å². The van der Waals surface area contributed by atoms with Gasteiger partial charge in [-0.1, -0.05) is 20.8 Å². The number of carbonyl (C=O) groups is 1. The number of anilines is 1. The topological polar surface area (TPSA) is 80.0 Å². The van der Waals surface area contributed by atoms with Gasteiger partial charge in [0.05, 0.1) is 6.04 Å². The zero-order chi connectivity index (χ0) is 18.6. The summed E-state index contributed by atoms with van der Waals surface area (Å²) in [4.78, 5) is 15.4. The highest BCUT2D eigenvalue weighted by molar-refractivity contribution is 5.81. The molecule has 3 rings (SSSR count). The van der Waals surface area contributed by atoms with E-state index in [2.05, 4.69) is 36.4 Å². The van der Waals surface area contributed by atoms with E-state index in [0.29, 0.717) is 18.7 Å². The van der Waals surface area contributed by atoms with Gasteiger partial charge in [0.25, 0.3) is 0 Å². The molecule has 3 heterocycles. The van der Waals surface area contributed by atoms with Crippen LogP contribution >= 0.6 is 0 Å². The average molecular weight is 356 g/mol. The smallest absolute Gasteiger partial charge is 0.384 e. The predicted octanol–water partition coefficient (Wildman–Crippen LogP) is 2.42. The highest BCUT2D eigenvalue weighted by Gasteiger charge is 2.54. The maximum atomic E-state index is 12.9. The van der Waals surface area contributed by atoms with Crippen molar-refractivity contribution in [1.29, 1.82) is 0 Å². The molecule has 1 saturated heterocycles. The van der Waals surface area contributed by atoms with Gasteiger partial charge >= 0.3 is 6.18 Å². The van der Waals surface area contributed by atoms with Gasteiger partial charge in [-0.05, 0) is 24.3 Å². The second-order valence-corrected chi connectivity index (χ2v) is 8.27. The highest BCUT2D eigenvalue weighted by Crippen LogP contribution is 2.49. The van der Waals surface area contributed by atoms with Crippen LogP contribution in [0.1, 0.15) is 44.9 Å². The van der Waals surface area contributed by atoms with Gasteiger partial charge in [-0.15, -0.1) is 0 Å². The van der Waals surface area contributed by atoms with E-state index in [9.17, 15) is 18.0 Å². The molecule has 1 aromatic rings. The van der Waals surface area contributed by atoms with Crippen LogP contribution in [-0.4, -0.2) is 29.5 Å². The summed E-state index contributed by atoms with van der Waals surface area (Å²) < 4.78 is 38.8. The number of alkyl halides is 3. The third-order valence-corrected chi connectivity index (χ3v) is 5.12. The number of nitrogens with one attached hydrogen (secondary N) is 2. The van der Waals surface area contributed by atoms with E-state index in [4.69, 9.17) is 5.73 Å². The fourth-order valence-corrected chi connectivity index (χ4v) is 4.01. The van der Waals surface area contributed by atoms with Gasteiger partial charge in [0.15, 0.2) is 0 Å². The average Bonchev–Trinajstić information content (AvgIpc) is 3.00. The van der Waals surface area contributed by atoms with Crippen molar-refractivity contribution in [1.82, 2.24) is 10.3 Å². The van der Waals surface area contributed by atoms with Crippen LogP contribution in [0.15, 0.2) is 12.3 Å². The highest BCUT2D eigenvalue weighted by atomic mass is 19.4. The van der Waals surface area contributed by atoms with Crippen molar-refractivity contribution < 1.29 is 18.0 Å². The Balaban J connectivity index is 2.02. The summed E-state index contributed by atoms with van der Waals surface area (Å²) in [6, 6.07) is 0.482. The van der Waals surface area contributed by atoms with E-state index >= 15 is 0 Å². The Hall–Kier alpha value is -1.83.